The number of anilines is 2. The largest absolute Gasteiger partial charge is 0.497 e. The Bertz CT molecular complexity index is 1460. The monoisotopic (exact) mass is 452 g/mol. The van der Waals surface area contributed by atoms with Gasteiger partial charge in [0.2, 0.25) is 0 Å². The van der Waals surface area contributed by atoms with Gasteiger partial charge < -0.3 is 19.7 Å². The summed E-state index contributed by atoms with van der Waals surface area (Å²) in [6.07, 6.45) is 0. The van der Waals surface area contributed by atoms with E-state index in [1.54, 1.807) is 21.3 Å². The molecule has 1 aliphatic carbocycles. The quantitative estimate of drug-likeness (QED) is 0.263. The number of benzene rings is 3. The maximum atomic E-state index is 5.49. The Balaban J connectivity index is 1.74. The standard InChI is InChI=1S/C27H24N4O3/c1-16(30-33-3)17-8-7-9-18(14-17)28-27-25-20-13-12-19(32-2)15-22(20)26(31-34-4)24(25)21-10-5-6-11-23(21)29-27/h5-15H,1-4H3,(H,28,29)/b30-16-,31-26-. The highest BCUT2D eigenvalue weighted by atomic mass is 16.6. The lowest BCUT2D eigenvalue weighted by Crippen LogP contribution is -2.04. The Morgan fingerprint density at radius 3 is 2.50 bits per heavy atom. The number of ether oxygens (including phenoxy) is 1. The van der Waals surface area contributed by atoms with Crippen LogP contribution in [0.3, 0.4) is 0 Å². The van der Waals surface area contributed by atoms with Crippen LogP contribution in [-0.2, 0) is 9.68 Å². The summed E-state index contributed by atoms with van der Waals surface area (Å²) in [5.41, 5.74) is 8.15. The zero-order valence-corrected chi connectivity index (χ0v) is 19.4. The molecule has 5 rings (SSSR count). The van der Waals surface area contributed by atoms with Crippen molar-refractivity contribution >= 4 is 33.8 Å². The van der Waals surface area contributed by atoms with Crippen LogP contribution in [-0.4, -0.2) is 37.7 Å². The molecule has 7 nitrogen and oxygen atoms in total. The minimum atomic E-state index is 0.736. The molecule has 1 N–H and O–H groups in total. The molecule has 170 valence electrons. The first kappa shape index (κ1) is 21.5. The number of hydrogen-bond acceptors (Lipinski definition) is 7. The van der Waals surface area contributed by atoms with E-state index in [1.807, 2.05) is 67.6 Å². The van der Waals surface area contributed by atoms with Gasteiger partial charge in [0.1, 0.15) is 31.5 Å². The van der Waals surface area contributed by atoms with Crippen LogP contribution < -0.4 is 10.1 Å². The number of fused-ring (bicyclic) bond motifs is 5. The van der Waals surface area contributed by atoms with Gasteiger partial charge in [-0.1, -0.05) is 40.6 Å². The van der Waals surface area contributed by atoms with E-state index >= 15 is 0 Å². The first-order chi connectivity index (χ1) is 16.6. The summed E-state index contributed by atoms with van der Waals surface area (Å²) >= 11 is 0. The van der Waals surface area contributed by atoms with Crippen molar-refractivity contribution in [3.63, 3.8) is 0 Å². The number of methoxy groups -OCH3 is 1. The highest BCUT2D eigenvalue weighted by molar-refractivity contribution is 6.31. The molecular weight excluding hydrogens is 428 g/mol. The van der Waals surface area contributed by atoms with Gasteiger partial charge in [0, 0.05) is 33.3 Å². The molecule has 1 aromatic heterocycles. The fourth-order valence-corrected chi connectivity index (χ4v) is 4.34. The zero-order valence-electron chi connectivity index (χ0n) is 19.4. The second-order valence-corrected chi connectivity index (χ2v) is 7.83. The normalized spacial score (nSPS) is 13.5. The molecule has 0 spiro atoms. The number of oxime groups is 2. The molecule has 4 aromatic rings. The van der Waals surface area contributed by atoms with E-state index in [0.29, 0.717) is 0 Å². The van der Waals surface area contributed by atoms with Gasteiger partial charge in [0.15, 0.2) is 0 Å². The van der Waals surface area contributed by atoms with Crippen molar-refractivity contribution in [1.29, 1.82) is 0 Å². The average molecular weight is 453 g/mol. The van der Waals surface area contributed by atoms with E-state index in [2.05, 4.69) is 21.7 Å². The number of rotatable bonds is 6. The van der Waals surface area contributed by atoms with Crippen molar-refractivity contribution in [2.75, 3.05) is 26.6 Å². The molecule has 0 saturated heterocycles. The lowest BCUT2D eigenvalue weighted by Gasteiger charge is -2.14. The minimum Gasteiger partial charge on any atom is -0.497 e. The Labute approximate surface area is 197 Å². The summed E-state index contributed by atoms with van der Waals surface area (Å²) in [7, 11) is 4.75. The second kappa shape index (κ2) is 8.86. The van der Waals surface area contributed by atoms with E-state index in [-0.39, 0.29) is 0 Å². The number of pyridine rings is 1. The molecule has 0 fully saturated rings. The van der Waals surface area contributed by atoms with Crippen molar-refractivity contribution in [2.45, 2.75) is 6.92 Å². The van der Waals surface area contributed by atoms with Crippen LogP contribution in [0.25, 0.3) is 22.0 Å². The lowest BCUT2D eigenvalue weighted by atomic mass is 10.0. The van der Waals surface area contributed by atoms with Gasteiger partial charge in [-0.2, -0.15) is 0 Å². The third-order valence-corrected chi connectivity index (χ3v) is 5.83. The molecule has 0 radical (unpaired) electrons. The Kier molecular flexibility index (Phi) is 5.59. The minimum absolute atomic E-state index is 0.736. The third-order valence-electron chi connectivity index (χ3n) is 5.83. The van der Waals surface area contributed by atoms with Crippen LogP contribution in [0.5, 0.6) is 5.75 Å². The zero-order chi connectivity index (χ0) is 23.7. The SMILES string of the molecule is CO/N=C(/C)c1cccc(Nc2nc3ccccc3c3c2-c2ccc(OC)cc2/C3=N/OC)c1. The van der Waals surface area contributed by atoms with Crippen molar-refractivity contribution in [1.82, 2.24) is 4.98 Å². The van der Waals surface area contributed by atoms with Crippen molar-refractivity contribution in [2.24, 2.45) is 10.3 Å². The molecule has 1 heterocycles. The Morgan fingerprint density at radius 2 is 1.71 bits per heavy atom. The molecule has 0 atom stereocenters. The first-order valence-corrected chi connectivity index (χ1v) is 10.8. The highest BCUT2D eigenvalue weighted by Gasteiger charge is 2.32. The van der Waals surface area contributed by atoms with Crippen molar-refractivity contribution in [3.05, 3.63) is 83.4 Å². The topological polar surface area (TPSA) is 77.3 Å². The van der Waals surface area contributed by atoms with E-state index < -0.39 is 0 Å². The molecule has 0 unspecified atom stereocenters. The second-order valence-electron chi connectivity index (χ2n) is 7.83. The summed E-state index contributed by atoms with van der Waals surface area (Å²) in [4.78, 5) is 15.2. The van der Waals surface area contributed by atoms with Gasteiger partial charge in [-0.15, -0.1) is 0 Å². The third kappa shape index (κ3) is 3.61. The fourth-order valence-electron chi connectivity index (χ4n) is 4.34. The lowest BCUT2D eigenvalue weighted by molar-refractivity contribution is 0.213. The van der Waals surface area contributed by atoms with E-state index in [0.717, 1.165) is 67.4 Å². The molecule has 0 amide bonds. The van der Waals surface area contributed by atoms with Crippen LogP contribution in [0.15, 0.2) is 77.0 Å². The average Bonchev–Trinajstić information content (AvgIpc) is 3.19. The van der Waals surface area contributed by atoms with E-state index in [9.17, 15) is 0 Å². The van der Waals surface area contributed by atoms with Gasteiger partial charge in [-0.3, -0.25) is 0 Å². The molecule has 0 bridgehead atoms. The van der Waals surface area contributed by atoms with Crippen molar-refractivity contribution in [3.8, 4) is 16.9 Å². The number of para-hydroxylation sites is 1. The number of hydrogen-bond donors (Lipinski definition) is 1. The van der Waals surface area contributed by atoms with E-state index in [4.69, 9.17) is 19.4 Å². The fraction of sp³-hybridized carbons (Fsp3) is 0.148. The highest BCUT2D eigenvalue weighted by Crippen LogP contribution is 2.46. The van der Waals surface area contributed by atoms with Gasteiger partial charge in [-0.05, 0) is 48.9 Å². The van der Waals surface area contributed by atoms with Gasteiger partial charge in [-0.25, -0.2) is 4.98 Å². The summed E-state index contributed by atoms with van der Waals surface area (Å²) in [5, 5.41) is 13.0. The van der Waals surface area contributed by atoms with Crippen LogP contribution >= 0.6 is 0 Å². The summed E-state index contributed by atoms with van der Waals surface area (Å²) in [5.74, 6) is 1.49. The maximum absolute atomic E-state index is 5.49. The molecule has 3 aromatic carbocycles. The smallest absolute Gasteiger partial charge is 0.139 e. The van der Waals surface area contributed by atoms with Gasteiger partial charge in [0.05, 0.1) is 18.3 Å². The van der Waals surface area contributed by atoms with Crippen LogP contribution in [0.4, 0.5) is 11.5 Å². The molecule has 34 heavy (non-hydrogen) atoms. The summed E-state index contributed by atoms with van der Waals surface area (Å²) in [6, 6.07) is 22.0. The predicted octanol–water partition coefficient (Wildman–Crippen LogP) is 5.74. The van der Waals surface area contributed by atoms with Crippen LogP contribution in [0.1, 0.15) is 23.6 Å². The molecule has 0 saturated carbocycles. The van der Waals surface area contributed by atoms with Gasteiger partial charge >= 0.3 is 0 Å². The number of aromatic nitrogens is 1. The summed E-state index contributed by atoms with van der Waals surface area (Å²) in [6.45, 7) is 1.91. The van der Waals surface area contributed by atoms with Crippen LogP contribution in [0.2, 0.25) is 0 Å². The van der Waals surface area contributed by atoms with E-state index in [1.165, 1.54) is 0 Å². The van der Waals surface area contributed by atoms with Crippen LogP contribution in [0, 0.1) is 0 Å². The molecule has 1 aliphatic rings. The summed E-state index contributed by atoms with van der Waals surface area (Å²) < 4.78 is 5.49. The van der Waals surface area contributed by atoms with Crippen molar-refractivity contribution < 1.29 is 14.4 Å². The maximum Gasteiger partial charge on any atom is 0.139 e. The number of nitrogens with one attached hydrogen (secondary N) is 1. The first-order valence-electron chi connectivity index (χ1n) is 10.8. The Hall–Kier alpha value is -4.39. The molecule has 7 heteroatoms. The molecule has 0 aliphatic heterocycles. The Morgan fingerprint density at radius 1 is 0.853 bits per heavy atom. The van der Waals surface area contributed by atoms with Gasteiger partial charge in [0.25, 0.3) is 0 Å². The predicted molar refractivity (Wildman–Crippen MR) is 135 cm³/mol. The molecular formula is C27H24N4O3. The number of nitrogens with zero attached hydrogens (tertiary/aromatic N) is 3.